The number of aryl methyl sites for hydroxylation is 1. The zero-order valence-corrected chi connectivity index (χ0v) is 13.9. The lowest BCUT2D eigenvalue weighted by molar-refractivity contribution is 0.102. The number of anilines is 1. The van der Waals surface area contributed by atoms with Gasteiger partial charge in [-0.1, -0.05) is 0 Å². The summed E-state index contributed by atoms with van der Waals surface area (Å²) < 4.78 is 18.0. The van der Waals surface area contributed by atoms with Crippen molar-refractivity contribution in [2.75, 3.05) is 12.4 Å². The van der Waals surface area contributed by atoms with Crippen molar-refractivity contribution in [3.63, 3.8) is 0 Å². The SMILES string of the molecule is COc1ccc(NC(=O)c2sc(-c3ccc(F)cc3)nc2C)cn1. The van der Waals surface area contributed by atoms with E-state index in [4.69, 9.17) is 4.74 Å². The summed E-state index contributed by atoms with van der Waals surface area (Å²) in [6.45, 7) is 1.77. The molecular formula is C17H14FN3O2S. The van der Waals surface area contributed by atoms with Gasteiger partial charge in [-0.25, -0.2) is 14.4 Å². The second-order valence-electron chi connectivity index (χ2n) is 4.98. The van der Waals surface area contributed by atoms with Crippen LogP contribution in [0.4, 0.5) is 10.1 Å². The molecule has 5 nitrogen and oxygen atoms in total. The van der Waals surface area contributed by atoms with Crippen LogP contribution in [-0.4, -0.2) is 23.0 Å². The molecule has 2 heterocycles. The summed E-state index contributed by atoms with van der Waals surface area (Å²) in [5, 5.41) is 3.45. The van der Waals surface area contributed by atoms with E-state index in [0.29, 0.717) is 27.1 Å². The summed E-state index contributed by atoms with van der Waals surface area (Å²) in [5.74, 6) is -0.0945. The third-order valence-corrected chi connectivity index (χ3v) is 4.50. The highest BCUT2D eigenvalue weighted by atomic mass is 32.1. The molecule has 0 saturated heterocycles. The number of benzene rings is 1. The van der Waals surface area contributed by atoms with E-state index < -0.39 is 0 Å². The Hall–Kier alpha value is -2.80. The number of carbonyl (C=O) groups is 1. The van der Waals surface area contributed by atoms with E-state index in [0.717, 1.165) is 5.56 Å². The maximum absolute atomic E-state index is 13.0. The van der Waals surface area contributed by atoms with Crippen molar-refractivity contribution >= 4 is 22.9 Å². The minimum atomic E-state index is -0.308. The van der Waals surface area contributed by atoms with Gasteiger partial charge in [-0.3, -0.25) is 4.79 Å². The van der Waals surface area contributed by atoms with Gasteiger partial charge >= 0.3 is 0 Å². The van der Waals surface area contributed by atoms with Crippen LogP contribution in [0.15, 0.2) is 42.6 Å². The quantitative estimate of drug-likeness (QED) is 0.780. The van der Waals surface area contributed by atoms with Crippen LogP contribution in [0.5, 0.6) is 5.88 Å². The predicted molar refractivity (Wildman–Crippen MR) is 91.0 cm³/mol. The minimum Gasteiger partial charge on any atom is -0.481 e. The summed E-state index contributed by atoms with van der Waals surface area (Å²) in [4.78, 5) is 21.4. The van der Waals surface area contributed by atoms with Crippen LogP contribution in [-0.2, 0) is 0 Å². The molecule has 0 fully saturated rings. The van der Waals surface area contributed by atoms with E-state index in [1.807, 2.05) is 0 Å². The molecule has 0 unspecified atom stereocenters. The molecule has 3 aromatic rings. The lowest BCUT2D eigenvalue weighted by Gasteiger charge is -2.04. The number of nitrogens with zero attached hydrogens (tertiary/aromatic N) is 2. The van der Waals surface area contributed by atoms with E-state index in [1.54, 1.807) is 31.2 Å². The van der Waals surface area contributed by atoms with E-state index in [9.17, 15) is 9.18 Å². The van der Waals surface area contributed by atoms with Crippen molar-refractivity contribution < 1.29 is 13.9 Å². The van der Waals surface area contributed by atoms with Crippen molar-refractivity contribution in [1.29, 1.82) is 0 Å². The van der Waals surface area contributed by atoms with Crippen molar-refractivity contribution in [1.82, 2.24) is 9.97 Å². The van der Waals surface area contributed by atoms with Gasteiger partial charge in [0.15, 0.2) is 0 Å². The van der Waals surface area contributed by atoms with E-state index in [1.165, 1.54) is 36.8 Å². The maximum Gasteiger partial charge on any atom is 0.267 e. The normalized spacial score (nSPS) is 10.5. The molecule has 0 radical (unpaired) electrons. The van der Waals surface area contributed by atoms with Gasteiger partial charge in [-0.05, 0) is 37.3 Å². The molecule has 0 aliphatic rings. The molecule has 24 heavy (non-hydrogen) atoms. The number of methoxy groups -OCH3 is 1. The molecule has 0 bridgehead atoms. The lowest BCUT2D eigenvalue weighted by Crippen LogP contribution is -2.11. The second kappa shape index (κ2) is 6.76. The van der Waals surface area contributed by atoms with Gasteiger partial charge in [0, 0.05) is 11.6 Å². The van der Waals surface area contributed by atoms with Crippen LogP contribution in [0, 0.1) is 12.7 Å². The Bertz CT molecular complexity index is 861. The largest absolute Gasteiger partial charge is 0.481 e. The molecule has 0 saturated carbocycles. The fourth-order valence-corrected chi connectivity index (χ4v) is 3.05. The van der Waals surface area contributed by atoms with Gasteiger partial charge in [-0.15, -0.1) is 11.3 Å². The standard InChI is InChI=1S/C17H14FN3O2S/c1-10-15(16(22)21-13-7-8-14(23-2)19-9-13)24-17(20-10)11-3-5-12(18)6-4-11/h3-9H,1-2H3,(H,21,22). The highest BCUT2D eigenvalue weighted by Gasteiger charge is 2.16. The molecule has 3 rings (SSSR count). The zero-order chi connectivity index (χ0) is 17.1. The van der Waals surface area contributed by atoms with Gasteiger partial charge in [0.05, 0.1) is 24.7 Å². The highest BCUT2D eigenvalue weighted by molar-refractivity contribution is 7.17. The molecular weight excluding hydrogens is 329 g/mol. The first kappa shape index (κ1) is 16.1. The van der Waals surface area contributed by atoms with Gasteiger partial charge in [0.1, 0.15) is 15.7 Å². The van der Waals surface area contributed by atoms with Crippen LogP contribution in [0.1, 0.15) is 15.4 Å². The van der Waals surface area contributed by atoms with Crippen LogP contribution in [0.3, 0.4) is 0 Å². The third-order valence-electron chi connectivity index (χ3n) is 3.30. The first-order valence-corrected chi connectivity index (χ1v) is 7.93. The molecule has 0 spiro atoms. The Balaban J connectivity index is 1.81. The number of pyridine rings is 1. The average molecular weight is 343 g/mol. The van der Waals surface area contributed by atoms with Crippen molar-refractivity contribution in [2.24, 2.45) is 0 Å². The van der Waals surface area contributed by atoms with Gasteiger partial charge < -0.3 is 10.1 Å². The molecule has 1 amide bonds. The van der Waals surface area contributed by atoms with Crippen LogP contribution in [0.25, 0.3) is 10.6 Å². The van der Waals surface area contributed by atoms with E-state index >= 15 is 0 Å². The fraction of sp³-hybridized carbons (Fsp3) is 0.118. The topological polar surface area (TPSA) is 64.1 Å². The van der Waals surface area contributed by atoms with Crippen molar-refractivity contribution in [3.05, 3.63) is 59.0 Å². The smallest absolute Gasteiger partial charge is 0.267 e. The monoisotopic (exact) mass is 343 g/mol. The molecule has 2 aromatic heterocycles. The van der Waals surface area contributed by atoms with Crippen LogP contribution < -0.4 is 10.1 Å². The number of hydrogen-bond acceptors (Lipinski definition) is 5. The number of carbonyl (C=O) groups excluding carboxylic acids is 1. The van der Waals surface area contributed by atoms with Crippen LogP contribution in [0.2, 0.25) is 0 Å². The van der Waals surface area contributed by atoms with Crippen LogP contribution >= 0.6 is 11.3 Å². The highest BCUT2D eigenvalue weighted by Crippen LogP contribution is 2.28. The Labute approximate surface area is 142 Å². The number of halogens is 1. The number of aromatic nitrogens is 2. The first-order chi connectivity index (χ1) is 11.6. The molecule has 1 N–H and O–H groups in total. The number of hydrogen-bond donors (Lipinski definition) is 1. The zero-order valence-electron chi connectivity index (χ0n) is 13.0. The number of ether oxygens (including phenoxy) is 1. The second-order valence-corrected chi connectivity index (χ2v) is 5.98. The van der Waals surface area contributed by atoms with Gasteiger partial charge in [0.25, 0.3) is 5.91 Å². The number of nitrogens with one attached hydrogen (secondary N) is 1. The molecule has 0 aliphatic heterocycles. The Morgan fingerprint density at radius 3 is 2.58 bits per heavy atom. The molecule has 1 aromatic carbocycles. The first-order valence-electron chi connectivity index (χ1n) is 7.11. The van der Waals surface area contributed by atoms with Gasteiger partial charge in [0.2, 0.25) is 5.88 Å². The lowest BCUT2D eigenvalue weighted by atomic mass is 10.2. The van der Waals surface area contributed by atoms with Crippen molar-refractivity contribution in [3.8, 4) is 16.5 Å². The maximum atomic E-state index is 13.0. The fourth-order valence-electron chi connectivity index (χ4n) is 2.09. The summed E-state index contributed by atoms with van der Waals surface area (Å²) in [6, 6.07) is 9.40. The summed E-state index contributed by atoms with van der Waals surface area (Å²) in [6.07, 6.45) is 1.52. The van der Waals surface area contributed by atoms with E-state index in [-0.39, 0.29) is 11.7 Å². The summed E-state index contributed by atoms with van der Waals surface area (Å²) >= 11 is 1.26. The molecule has 7 heteroatoms. The van der Waals surface area contributed by atoms with Gasteiger partial charge in [-0.2, -0.15) is 0 Å². The predicted octanol–water partition coefficient (Wildman–Crippen LogP) is 3.91. The summed E-state index contributed by atoms with van der Waals surface area (Å²) in [7, 11) is 1.53. The number of thiazole rings is 1. The van der Waals surface area contributed by atoms with Crippen molar-refractivity contribution in [2.45, 2.75) is 6.92 Å². The minimum absolute atomic E-state index is 0.259. The Morgan fingerprint density at radius 1 is 1.21 bits per heavy atom. The average Bonchev–Trinajstić information content (AvgIpc) is 2.98. The van der Waals surface area contributed by atoms with E-state index in [2.05, 4.69) is 15.3 Å². The number of amides is 1. The Kier molecular flexibility index (Phi) is 4.52. The molecule has 0 aliphatic carbocycles. The Morgan fingerprint density at radius 2 is 1.96 bits per heavy atom. The molecule has 0 atom stereocenters. The third kappa shape index (κ3) is 3.41. The number of rotatable bonds is 4. The summed E-state index contributed by atoms with van der Waals surface area (Å²) in [5.41, 5.74) is 1.96. The molecule has 122 valence electrons.